The van der Waals surface area contributed by atoms with Crippen molar-refractivity contribution < 1.29 is 9.72 Å². The van der Waals surface area contributed by atoms with Crippen molar-refractivity contribution in [3.63, 3.8) is 0 Å². The van der Waals surface area contributed by atoms with Crippen LogP contribution in [0.5, 0.6) is 0 Å². The molecule has 0 amide bonds. The number of carbonyl (C=O) groups is 1. The van der Waals surface area contributed by atoms with E-state index in [4.69, 9.17) is 0 Å². The molecule has 4 rings (SSSR count). The van der Waals surface area contributed by atoms with Crippen LogP contribution in [0.3, 0.4) is 0 Å². The van der Waals surface area contributed by atoms with E-state index in [2.05, 4.69) is 0 Å². The number of benzene rings is 4. The minimum atomic E-state index is -0.391. The molecule has 162 valence electrons. The summed E-state index contributed by atoms with van der Waals surface area (Å²) in [5.41, 5.74) is 4.43. The Morgan fingerprint density at radius 3 is 2.18 bits per heavy atom. The normalized spacial score (nSPS) is 10.9. The maximum Gasteiger partial charge on any atom is 0.283 e. The van der Waals surface area contributed by atoms with E-state index in [9.17, 15) is 14.9 Å². The van der Waals surface area contributed by atoms with Crippen LogP contribution in [0.15, 0.2) is 113 Å². The summed E-state index contributed by atoms with van der Waals surface area (Å²) in [5.74, 6) is -0.157. The molecule has 0 saturated heterocycles. The number of aryl methyl sites for hydroxylation is 1. The molecule has 0 bridgehead atoms. The third kappa shape index (κ3) is 5.64. The van der Waals surface area contributed by atoms with Gasteiger partial charge in [0, 0.05) is 16.5 Å². The van der Waals surface area contributed by atoms with E-state index >= 15 is 0 Å². The highest BCUT2D eigenvalue weighted by molar-refractivity contribution is 7.99. The molecular weight excluding hydrogens is 430 g/mol. The van der Waals surface area contributed by atoms with Crippen molar-refractivity contribution in [3.8, 4) is 11.1 Å². The van der Waals surface area contributed by atoms with E-state index in [-0.39, 0.29) is 11.5 Å². The molecule has 0 saturated carbocycles. The summed E-state index contributed by atoms with van der Waals surface area (Å²) in [6.45, 7) is 2.00. The molecule has 0 fully saturated rings. The molecule has 0 radical (unpaired) electrons. The van der Waals surface area contributed by atoms with Gasteiger partial charge in [-0.1, -0.05) is 96.2 Å². The largest absolute Gasteiger partial charge is 0.289 e. The van der Waals surface area contributed by atoms with Crippen LogP contribution in [0.25, 0.3) is 17.2 Å². The highest BCUT2D eigenvalue weighted by Gasteiger charge is 2.15. The topological polar surface area (TPSA) is 60.2 Å². The van der Waals surface area contributed by atoms with Gasteiger partial charge in [-0.3, -0.25) is 14.9 Å². The fourth-order valence-corrected chi connectivity index (χ4v) is 4.23. The van der Waals surface area contributed by atoms with Gasteiger partial charge in [0.1, 0.15) is 0 Å². The molecule has 0 heterocycles. The predicted octanol–water partition coefficient (Wildman–Crippen LogP) is 7.62. The summed E-state index contributed by atoms with van der Waals surface area (Å²) in [4.78, 5) is 25.3. The molecule has 4 aromatic rings. The number of hydrogen-bond donors (Lipinski definition) is 0. The molecule has 0 unspecified atom stereocenters. The van der Waals surface area contributed by atoms with Crippen molar-refractivity contribution >= 4 is 29.3 Å². The summed E-state index contributed by atoms with van der Waals surface area (Å²) in [7, 11) is 0. The Bertz CT molecular complexity index is 1310. The van der Waals surface area contributed by atoms with Crippen LogP contribution < -0.4 is 0 Å². The minimum absolute atomic E-state index is 0.0161. The number of rotatable bonds is 7. The average molecular weight is 452 g/mol. The van der Waals surface area contributed by atoms with Gasteiger partial charge in [0.2, 0.25) is 0 Å². The van der Waals surface area contributed by atoms with Crippen molar-refractivity contribution in [2.75, 3.05) is 0 Å². The van der Waals surface area contributed by atoms with Crippen molar-refractivity contribution in [2.24, 2.45) is 0 Å². The van der Waals surface area contributed by atoms with E-state index in [0.717, 1.165) is 21.6 Å². The van der Waals surface area contributed by atoms with Gasteiger partial charge in [-0.25, -0.2) is 0 Å². The third-order valence-corrected chi connectivity index (χ3v) is 6.21. The van der Waals surface area contributed by atoms with Crippen molar-refractivity contribution in [1.29, 1.82) is 0 Å². The first-order valence-corrected chi connectivity index (χ1v) is 11.2. The van der Waals surface area contributed by atoms with Crippen LogP contribution in [0.4, 0.5) is 5.69 Å². The van der Waals surface area contributed by atoms with Crippen LogP contribution in [-0.4, -0.2) is 10.7 Å². The molecule has 0 spiro atoms. The summed E-state index contributed by atoms with van der Waals surface area (Å²) in [6, 6.07) is 30.2. The minimum Gasteiger partial charge on any atom is -0.289 e. The number of nitro groups is 1. The second kappa shape index (κ2) is 10.1. The van der Waals surface area contributed by atoms with Crippen LogP contribution in [-0.2, 0) is 0 Å². The molecule has 5 heteroatoms. The second-order valence-electron chi connectivity index (χ2n) is 7.54. The van der Waals surface area contributed by atoms with Crippen molar-refractivity contribution in [2.45, 2.75) is 16.7 Å². The fraction of sp³-hybridized carbons (Fsp3) is 0.0357. The molecule has 0 N–H and O–H groups in total. The summed E-state index contributed by atoms with van der Waals surface area (Å²) >= 11 is 1.35. The van der Waals surface area contributed by atoms with E-state index < -0.39 is 4.92 Å². The number of nitrogens with zero attached hydrogens (tertiary/aromatic N) is 1. The summed E-state index contributed by atoms with van der Waals surface area (Å²) in [5, 5.41) is 11.6. The van der Waals surface area contributed by atoms with Crippen LogP contribution >= 0.6 is 11.8 Å². The third-order valence-electron chi connectivity index (χ3n) is 5.13. The van der Waals surface area contributed by atoms with Crippen LogP contribution in [0.2, 0.25) is 0 Å². The van der Waals surface area contributed by atoms with Crippen LogP contribution in [0.1, 0.15) is 21.5 Å². The van der Waals surface area contributed by atoms with Crippen molar-refractivity contribution in [3.05, 3.63) is 130 Å². The maximum atomic E-state index is 12.6. The standard InChI is InChI=1S/C28H21NO3S/c1-20-7-15-25(16-8-20)33-28-18-10-21(19-26(28)29(31)32)9-17-27(30)24-13-11-23(12-14-24)22-5-3-2-4-6-22/h2-19H,1H3/b17-9+. The maximum absolute atomic E-state index is 12.6. The number of hydrogen-bond acceptors (Lipinski definition) is 4. The fourth-order valence-electron chi connectivity index (χ4n) is 3.33. The molecule has 33 heavy (non-hydrogen) atoms. The van der Waals surface area contributed by atoms with Gasteiger partial charge in [-0.05, 0) is 47.9 Å². The molecule has 4 aromatic carbocycles. The first-order valence-electron chi connectivity index (χ1n) is 10.4. The predicted molar refractivity (Wildman–Crippen MR) is 134 cm³/mol. The SMILES string of the molecule is Cc1ccc(Sc2ccc(/C=C/C(=O)c3ccc(-c4ccccc4)cc3)cc2[N+](=O)[O-])cc1. The van der Waals surface area contributed by atoms with E-state index in [1.807, 2.05) is 73.7 Å². The molecule has 0 aliphatic carbocycles. The summed E-state index contributed by atoms with van der Waals surface area (Å²) in [6.07, 6.45) is 3.06. The lowest BCUT2D eigenvalue weighted by molar-refractivity contribution is -0.387. The number of ketones is 1. The second-order valence-corrected chi connectivity index (χ2v) is 8.66. The van der Waals surface area contributed by atoms with Gasteiger partial charge in [0.15, 0.2) is 5.78 Å². The highest BCUT2D eigenvalue weighted by atomic mass is 32.2. The number of nitro benzene ring substituents is 1. The Balaban J connectivity index is 1.50. The smallest absolute Gasteiger partial charge is 0.283 e. The molecule has 0 atom stereocenters. The lowest BCUT2D eigenvalue weighted by Gasteiger charge is -2.05. The average Bonchev–Trinajstić information content (AvgIpc) is 2.85. The van der Waals surface area contributed by atoms with E-state index in [0.29, 0.717) is 16.0 Å². The Kier molecular flexibility index (Phi) is 6.81. The highest BCUT2D eigenvalue weighted by Crippen LogP contribution is 2.35. The van der Waals surface area contributed by atoms with Gasteiger partial charge in [0.25, 0.3) is 5.69 Å². The molecule has 0 aliphatic rings. The first kappa shape index (κ1) is 22.2. The molecular formula is C28H21NO3S. The number of carbonyl (C=O) groups excluding carboxylic acids is 1. The molecule has 4 nitrogen and oxygen atoms in total. The first-order chi connectivity index (χ1) is 16.0. The monoisotopic (exact) mass is 451 g/mol. The Labute approximate surface area is 196 Å². The summed E-state index contributed by atoms with van der Waals surface area (Å²) < 4.78 is 0. The Morgan fingerprint density at radius 2 is 1.52 bits per heavy atom. The zero-order chi connectivity index (χ0) is 23.2. The lowest BCUT2D eigenvalue weighted by Crippen LogP contribution is -1.94. The Hall–Kier alpha value is -3.96. The van der Waals surface area contributed by atoms with E-state index in [1.54, 1.807) is 30.3 Å². The lowest BCUT2D eigenvalue weighted by atomic mass is 10.0. The number of allylic oxidation sites excluding steroid dienone is 1. The van der Waals surface area contributed by atoms with E-state index in [1.165, 1.54) is 23.9 Å². The zero-order valence-electron chi connectivity index (χ0n) is 18.0. The van der Waals surface area contributed by atoms with Gasteiger partial charge in [-0.15, -0.1) is 0 Å². The van der Waals surface area contributed by atoms with Gasteiger partial charge < -0.3 is 0 Å². The van der Waals surface area contributed by atoms with Gasteiger partial charge in [0.05, 0.1) is 9.82 Å². The van der Waals surface area contributed by atoms with Crippen molar-refractivity contribution in [1.82, 2.24) is 0 Å². The van der Waals surface area contributed by atoms with Gasteiger partial charge in [-0.2, -0.15) is 0 Å². The quantitative estimate of drug-likeness (QED) is 0.125. The molecule has 0 aromatic heterocycles. The van der Waals surface area contributed by atoms with Crippen LogP contribution in [0, 0.1) is 17.0 Å². The van der Waals surface area contributed by atoms with Gasteiger partial charge >= 0.3 is 0 Å². The zero-order valence-corrected chi connectivity index (χ0v) is 18.8. The Morgan fingerprint density at radius 1 is 0.848 bits per heavy atom. The molecule has 0 aliphatic heterocycles.